The van der Waals surface area contributed by atoms with Crippen LogP contribution < -0.4 is 23.7 Å². The first-order valence-electron chi connectivity index (χ1n) is 14.1. The zero-order valence-corrected chi connectivity index (χ0v) is 26.1. The molecule has 0 saturated carbocycles. The number of hydrogen-bond donors (Lipinski definition) is 0. The maximum absolute atomic E-state index is 6.13. The van der Waals surface area contributed by atoms with Gasteiger partial charge in [0.05, 0.1) is 34.5 Å². The molecule has 0 radical (unpaired) electrons. The lowest BCUT2D eigenvalue weighted by atomic mass is 10.0. The van der Waals surface area contributed by atoms with Gasteiger partial charge in [0.15, 0.2) is 23.0 Å². The molecule has 3 aromatic carbocycles. The lowest BCUT2D eigenvalue weighted by molar-refractivity contribution is 0.0877. The predicted molar refractivity (Wildman–Crippen MR) is 170 cm³/mol. The molecule has 0 aliphatic rings. The van der Waals surface area contributed by atoms with Crippen molar-refractivity contribution in [3.63, 3.8) is 0 Å². The Morgan fingerprint density at radius 3 is 1.33 bits per heavy atom. The van der Waals surface area contributed by atoms with Crippen molar-refractivity contribution in [1.29, 1.82) is 0 Å². The molecule has 0 aliphatic heterocycles. The van der Waals surface area contributed by atoms with Crippen LogP contribution in [0.15, 0.2) is 48.5 Å². The van der Waals surface area contributed by atoms with Crippen LogP contribution in [0.4, 0.5) is 0 Å². The number of hydrogen-bond acceptors (Lipinski definition) is 7. The molecule has 0 fully saturated rings. The summed E-state index contributed by atoms with van der Waals surface area (Å²) >= 11 is 0. The monoisotopic (exact) mass is 576 g/mol. The normalized spacial score (nSPS) is 12.9. The molecule has 0 spiro atoms. The van der Waals surface area contributed by atoms with Gasteiger partial charge in [-0.3, -0.25) is 0 Å². The maximum Gasteiger partial charge on any atom is 0.203 e. The van der Waals surface area contributed by atoms with E-state index in [0.717, 1.165) is 45.7 Å². The summed E-state index contributed by atoms with van der Waals surface area (Å²) in [6.45, 7) is 7.01. The third-order valence-corrected chi connectivity index (χ3v) is 6.55. The second-order valence-electron chi connectivity index (χ2n) is 9.92. The van der Waals surface area contributed by atoms with E-state index < -0.39 is 0 Å². The first kappa shape index (κ1) is 32.6. The fourth-order valence-corrected chi connectivity index (χ4v) is 4.48. The Morgan fingerprint density at radius 2 is 0.929 bits per heavy atom. The third-order valence-electron chi connectivity index (χ3n) is 6.55. The minimum Gasteiger partial charge on any atom is -0.493 e. The molecule has 42 heavy (non-hydrogen) atoms. The molecule has 2 unspecified atom stereocenters. The summed E-state index contributed by atoms with van der Waals surface area (Å²) in [6.07, 6.45) is 8.86. The van der Waals surface area contributed by atoms with Gasteiger partial charge in [0.25, 0.3) is 0 Å². The van der Waals surface area contributed by atoms with E-state index in [2.05, 4.69) is 55.5 Å². The zero-order chi connectivity index (χ0) is 30.5. The van der Waals surface area contributed by atoms with Crippen LogP contribution in [0.1, 0.15) is 48.6 Å². The highest BCUT2D eigenvalue weighted by Crippen LogP contribution is 2.40. The highest BCUT2D eigenvalue weighted by molar-refractivity contribution is 5.75. The molecule has 7 heteroatoms. The molecule has 2 atom stereocenters. The molecule has 7 nitrogen and oxygen atoms in total. The third kappa shape index (κ3) is 9.03. The van der Waals surface area contributed by atoms with Crippen LogP contribution in [0.5, 0.6) is 28.7 Å². The van der Waals surface area contributed by atoms with Gasteiger partial charge in [0.1, 0.15) is 12.2 Å². The number of methoxy groups -OCH3 is 5. The Hall–Kier alpha value is -3.94. The average molecular weight is 577 g/mol. The van der Waals surface area contributed by atoms with Gasteiger partial charge in [-0.15, -0.1) is 0 Å². The zero-order valence-electron chi connectivity index (χ0n) is 26.1. The minimum absolute atomic E-state index is 0.0736. The number of benzene rings is 3. The van der Waals surface area contributed by atoms with Gasteiger partial charge in [0, 0.05) is 14.2 Å². The minimum atomic E-state index is -0.147. The van der Waals surface area contributed by atoms with Gasteiger partial charge >= 0.3 is 0 Å². The first-order chi connectivity index (χ1) is 20.3. The van der Waals surface area contributed by atoms with Crippen molar-refractivity contribution in [1.82, 2.24) is 0 Å². The van der Waals surface area contributed by atoms with E-state index in [-0.39, 0.29) is 12.2 Å². The van der Waals surface area contributed by atoms with Gasteiger partial charge in [0.2, 0.25) is 5.75 Å². The van der Waals surface area contributed by atoms with Crippen LogP contribution in [-0.2, 0) is 15.9 Å². The highest BCUT2D eigenvalue weighted by Gasteiger charge is 2.17. The Kier molecular flexibility index (Phi) is 12.8. The Labute approximate surface area is 250 Å². The second-order valence-corrected chi connectivity index (χ2v) is 9.92. The maximum atomic E-state index is 6.13. The molecule has 0 aliphatic carbocycles. The number of ether oxygens (including phenoxy) is 7. The van der Waals surface area contributed by atoms with Gasteiger partial charge in [-0.2, -0.15) is 0 Å². The molecule has 0 aromatic heterocycles. The molecule has 0 heterocycles. The van der Waals surface area contributed by atoms with E-state index in [0.29, 0.717) is 30.5 Å². The average Bonchev–Trinajstić information content (AvgIpc) is 3.00. The van der Waals surface area contributed by atoms with E-state index in [4.69, 9.17) is 33.2 Å². The summed E-state index contributed by atoms with van der Waals surface area (Å²) in [4.78, 5) is 0. The van der Waals surface area contributed by atoms with Crippen molar-refractivity contribution in [2.75, 3.05) is 48.8 Å². The largest absolute Gasteiger partial charge is 0.493 e. The van der Waals surface area contributed by atoms with Crippen LogP contribution in [0.25, 0.3) is 24.3 Å². The fourth-order valence-electron chi connectivity index (χ4n) is 4.48. The molecule has 3 rings (SSSR count). The number of aryl methyl sites for hydroxylation is 1. The summed E-state index contributed by atoms with van der Waals surface area (Å²) in [5.41, 5.74) is 5.24. The Bertz CT molecular complexity index is 1180. The smallest absolute Gasteiger partial charge is 0.203 e. The Balaban J connectivity index is 1.75. The van der Waals surface area contributed by atoms with Crippen molar-refractivity contribution in [2.24, 2.45) is 0 Å². The second kappa shape index (κ2) is 16.5. The van der Waals surface area contributed by atoms with Crippen molar-refractivity contribution >= 4 is 24.3 Å². The molecule has 226 valence electrons. The SMILES string of the molecule is CCc1cc(/C=C/c2ccc(/C=C/c3cc(OC)c(OC(C)COC)c(OC)c3)cc2)cc(OC)c1OC(C)COC. The molecule has 0 amide bonds. The first-order valence-corrected chi connectivity index (χ1v) is 14.1. The quantitative estimate of drug-likeness (QED) is 0.164. The molecule has 0 saturated heterocycles. The molecular weight excluding hydrogens is 532 g/mol. The summed E-state index contributed by atoms with van der Waals surface area (Å²) in [5, 5.41) is 0. The molecule has 3 aromatic rings. The van der Waals surface area contributed by atoms with Crippen LogP contribution in [0, 0.1) is 0 Å². The van der Waals surface area contributed by atoms with E-state index >= 15 is 0 Å². The topological polar surface area (TPSA) is 64.6 Å². The van der Waals surface area contributed by atoms with Crippen LogP contribution >= 0.6 is 0 Å². The standard InChI is InChI=1S/C35H44O7/c1-9-30-18-28(19-31(38-6)34(30)41-24(2)22-36-4)16-14-26-10-12-27(13-11-26)15-17-29-20-32(39-7)35(33(21-29)40-8)42-25(3)23-37-5/h10-21,24-25H,9,22-23H2,1-8H3/b16-14+,17-15+. The molecule has 0 bridgehead atoms. The van der Waals surface area contributed by atoms with E-state index in [1.165, 1.54) is 0 Å². The van der Waals surface area contributed by atoms with E-state index in [9.17, 15) is 0 Å². The number of rotatable bonds is 16. The highest BCUT2D eigenvalue weighted by atomic mass is 16.6. The van der Waals surface area contributed by atoms with Crippen molar-refractivity contribution in [2.45, 2.75) is 39.4 Å². The lowest BCUT2D eigenvalue weighted by Crippen LogP contribution is -2.19. The summed E-state index contributed by atoms with van der Waals surface area (Å²) in [6, 6.07) is 16.3. The van der Waals surface area contributed by atoms with E-state index in [1.54, 1.807) is 35.5 Å². The van der Waals surface area contributed by atoms with E-state index in [1.807, 2.05) is 38.1 Å². The summed E-state index contributed by atoms with van der Waals surface area (Å²) < 4.78 is 39.4. The van der Waals surface area contributed by atoms with Crippen molar-refractivity contribution in [3.05, 3.63) is 76.3 Å². The Morgan fingerprint density at radius 1 is 0.548 bits per heavy atom. The van der Waals surface area contributed by atoms with Crippen molar-refractivity contribution in [3.8, 4) is 28.7 Å². The van der Waals surface area contributed by atoms with Crippen molar-refractivity contribution < 1.29 is 33.2 Å². The van der Waals surface area contributed by atoms with Gasteiger partial charge < -0.3 is 33.2 Å². The van der Waals surface area contributed by atoms with Crippen LogP contribution in [0.2, 0.25) is 0 Å². The predicted octanol–water partition coefficient (Wildman–Crippen LogP) is 7.44. The molecule has 0 N–H and O–H groups in total. The lowest BCUT2D eigenvalue weighted by Gasteiger charge is -2.19. The molecular formula is C35H44O7. The van der Waals surface area contributed by atoms with Gasteiger partial charge in [-0.25, -0.2) is 0 Å². The summed E-state index contributed by atoms with van der Waals surface area (Å²) in [5.74, 6) is 3.25. The summed E-state index contributed by atoms with van der Waals surface area (Å²) in [7, 11) is 8.22. The van der Waals surface area contributed by atoms with Gasteiger partial charge in [-0.05, 0) is 72.4 Å². The van der Waals surface area contributed by atoms with Crippen LogP contribution in [-0.4, -0.2) is 61.0 Å². The van der Waals surface area contributed by atoms with Crippen LogP contribution in [0.3, 0.4) is 0 Å². The van der Waals surface area contributed by atoms with Gasteiger partial charge in [-0.1, -0.05) is 55.5 Å². The fraction of sp³-hybridized carbons (Fsp3) is 0.371.